The molecule has 4 rings (SSSR count). The Balaban J connectivity index is 1.55. The van der Waals surface area contributed by atoms with Crippen LogP contribution in [0, 0.1) is 5.92 Å². The number of hydrogen-bond donors (Lipinski definition) is 1. The van der Waals surface area contributed by atoms with Crippen LogP contribution in [0.15, 0.2) is 0 Å². The molecule has 0 aromatic carbocycles. The molecule has 2 bridgehead atoms. The Morgan fingerprint density at radius 1 is 1.07 bits per heavy atom. The van der Waals surface area contributed by atoms with Crippen molar-refractivity contribution in [1.82, 2.24) is 10.2 Å². The molecule has 3 saturated heterocycles. The Bertz CT molecular complexity index is 195. The summed E-state index contributed by atoms with van der Waals surface area (Å²) >= 11 is 0. The van der Waals surface area contributed by atoms with Gasteiger partial charge in [-0.2, -0.15) is 0 Å². The van der Waals surface area contributed by atoms with Crippen LogP contribution in [0.3, 0.4) is 0 Å². The van der Waals surface area contributed by atoms with Crippen LogP contribution >= 0.6 is 0 Å². The van der Waals surface area contributed by atoms with Crippen molar-refractivity contribution in [2.45, 2.75) is 44.1 Å². The molecule has 4 fully saturated rings. The van der Waals surface area contributed by atoms with E-state index < -0.39 is 0 Å². The maximum absolute atomic E-state index is 3.73. The number of nitrogens with one attached hydrogen (secondary N) is 1. The maximum atomic E-state index is 3.73. The SMILES string of the molecule is C1CCCN(CC23CC(CN2)C3)CC1. The zero-order valence-electron chi connectivity index (χ0n) is 9.10. The van der Waals surface area contributed by atoms with Gasteiger partial charge in [0.05, 0.1) is 0 Å². The first-order valence-electron chi connectivity index (χ1n) is 6.34. The van der Waals surface area contributed by atoms with Gasteiger partial charge in [0.15, 0.2) is 0 Å². The first-order valence-corrected chi connectivity index (χ1v) is 6.34. The fourth-order valence-electron chi connectivity index (χ4n) is 3.60. The molecule has 0 aromatic rings. The second-order valence-corrected chi connectivity index (χ2v) is 5.63. The van der Waals surface area contributed by atoms with Crippen molar-refractivity contribution in [3.8, 4) is 0 Å². The van der Waals surface area contributed by atoms with Gasteiger partial charge in [-0.25, -0.2) is 0 Å². The van der Waals surface area contributed by atoms with Gasteiger partial charge < -0.3 is 10.2 Å². The molecule has 80 valence electrons. The van der Waals surface area contributed by atoms with Crippen LogP contribution in [0.4, 0.5) is 0 Å². The first-order chi connectivity index (χ1) is 6.86. The Hall–Kier alpha value is -0.0800. The molecule has 4 aliphatic rings. The van der Waals surface area contributed by atoms with Crippen molar-refractivity contribution >= 4 is 0 Å². The summed E-state index contributed by atoms with van der Waals surface area (Å²) in [6.07, 6.45) is 8.70. The van der Waals surface area contributed by atoms with Gasteiger partial charge in [-0.15, -0.1) is 0 Å². The van der Waals surface area contributed by atoms with Gasteiger partial charge in [0, 0.05) is 12.1 Å². The predicted octanol–water partition coefficient (Wildman–Crippen LogP) is 1.61. The summed E-state index contributed by atoms with van der Waals surface area (Å²) in [6, 6.07) is 0. The lowest BCUT2D eigenvalue weighted by Gasteiger charge is -2.41. The Morgan fingerprint density at radius 3 is 2.36 bits per heavy atom. The quantitative estimate of drug-likeness (QED) is 0.718. The molecule has 0 unspecified atom stereocenters. The highest BCUT2D eigenvalue weighted by Gasteiger charge is 2.50. The minimum atomic E-state index is 0.564. The second-order valence-electron chi connectivity index (χ2n) is 5.63. The van der Waals surface area contributed by atoms with Gasteiger partial charge >= 0.3 is 0 Å². The predicted molar refractivity (Wildman–Crippen MR) is 58.4 cm³/mol. The van der Waals surface area contributed by atoms with E-state index in [1.165, 1.54) is 64.7 Å². The molecule has 1 N–H and O–H groups in total. The molecule has 0 spiro atoms. The second kappa shape index (κ2) is 3.49. The van der Waals surface area contributed by atoms with Crippen molar-refractivity contribution in [1.29, 1.82) is 0 Å². The van der Waals surface area contributed by atoms with Crippen LogP contribution in [0.25, 0.3) is 0 Å². The number of likely N-dealkylation sites (tertiary alicyclic amines) is 1. The maximum Gasteiger partial charge on any atom is 0.0315 e. The van der Waals surface area contributed by atoms with Crippen molar-refractivity contribution < 1.29 is 0 Å². The number of nitrogens with zero attached hydrogens (tertiary/aromatic N) is 1. The molecule has 0 atom stereocenters. The fraction of sp³-hybridized carbons (Fsp3) is 1.00. The number of rotatable bonds is 2. The number of hydrogen-bond acceptors (Lipinski definition) is 2. The Morgan fingerprint density at radius 2 is 1.79 bits per heavy atom. The minimum absolute atomic E-state index is 0.564. The van der Waals surface area contributed by atoms with Crippen molar-refractivity contribution in [3.05, 3.63) is 0 Å². The lowest BCUT2D eigenvalue weighted by atomic mass is 9.73. The molecule has 3 aliphatic heterocycles. The van der Waals surface area contributed by atoms with E-state index in [2.05, 4.69) is 10.2 Å². The highest BCUT2D eigenvalue weighted by atomic mass is 15.2. The third kappa shape index (κ3) is 1.59. The van der Waals surface area contributed by atoms with E-state index in [4.69, 9.17) is 0 Å². The zero-order chi connectivity index (χ0) is 9.43. The van der Waals surface area contributed by atoms with Crippen LogP contribution in [-0.4, -0.2) is 36.6 Å². The lowest BCUT2D eigenvalue weighted by Crippen LogP contribution is -2.52. The van der Waals surface area contributed by atoms with Crippen molar-refractivity contribution in [2.75, 3.05) is 26.2 Å². The van der Waals surface area contributed by atoms with E-state index >= 15 is 0 Å². The number of fused-ring (bicyclic) bond motifs is 1. The van der Waals surface area contributed by atoms with Gasteiger partial charge in [-0.05, 0) is 51.2 Å². The molecule has 0 radical (unpaired) electrons. The van der Waals surface area contributed by atoms with Crippen LogP contribution in [-0.2, 0) is 0 Å². The fourth-order valence-corrected chi connectivity index (χ4v) is 3.60. The van der Waals surface area contributed by atoms with E-state index in [9.17, 15) is 0 Å². The summed E-state index contributed by atoms with van der Waals surface area (Å²) in [5, 5.41) is 3.73. The highest BCUT2D eigenvalue weighted by Crippen LogP contribution is 2.44. The topological polar surface area (TPSA) is 15.3 Å². The van der Waals surface area contributed by atoms with Crippen LogP contribution in [0.2, 0.25) is 0 Å². The standard InChI is InChI=1S/C12H22N2/c1-2-4-6-14(5-3-1)10-12-7-11(8-12)9-13-12/h11,13H,1-10H2. The largest absolute Gasteiger partial charge is 0.310 e. The van der Waals surface area contributed by atoms with Crippen molar-refractivity contribution in [3.63, 3.8) is 0 Å². The molecule has 2 heteroatoms. The third-order valence-electron chi connectivity index (χ3n) is 4.35. The van der Waals surface area contributed by atoms with E-state index in [1.54, 1.807) is 0 Å². The van der Waals surface area contributed by atoms with Gasteiger partial charge in [-0.1, -0.05) is 12.8 Å². The molecule has 1 aliphatic carbocycles. The monoisotopic (exact) mass is 194 g/mol. The zero-order valence-corrected chi connectivity index (χ0v) is 9.10. The molecular weight excluding hydrogens is 172 g/mol. The molecule has 3 heterocycles. The molecule has 2 nitrogen and oxygen atoms in total. The van der Waals surface area contributed by atoms with Gasteiger partial charge in [-0.3, -0.25) is 0 Å². The van der Waals surface area contributed by atoms with E-state index in [-0.39, 0.29) is 0 Å². The smallest absolute Gasteiger partial charge is 0.0315 e. The highest BCUT2D eigenvalue weighted by molar-refractivity contribution is 5.09. The van der Waals surface area contributed by atoms with E-state index in [0.29, 0.717) is 5.54 Å². The molecular formula is C12H22N2. The summed E-state index contributed by atoms with van der Waals surface area (Å²) in [4.78, 5) is 2.71. The minimum Gasteiger partial charge on any atom is -0.310 e. The Labute approximate surface area is 87.0 Å². The van der Waals surface area contributed by atoms with Crippen LogP contribution in [0.1, 0.15) is 38.5 Å². The summed E-state index contributed by atoms with van der Waals surface area (Å²) < 4.78 is 0. The summed E-state index contributed by atoms with van der Waals surface area (Å²) in [6.45, 7) is 5.35. The normalized spacial score (nSPS) is 43.3. The van der Waals surface area contributed by atoms with Gasteiger partial charge in [0.1, 0.15) is 0 Å². The summed E-state index contributed by atoms with van der Waals surface area (Å²) in [5.74, 6) is 1.03. The molecule has 14 heavy (non-hydrogen) atoms. The molecule has 0 aromatic heterocycles. The molecule has 1 saturated carbocycles. The van der Waals surface area contributed by atoms with Crippen molar-refractivity contribution in [2.24, 2.45) is 5.92 Å². The summed E-state index contributed by atoms with van der Waals surface area (Å²) in [5.41, 5.74) is 0.564. The average molecular weight is 194 g/mol. The lowest BCUT2D eigenvalue weighted by molar-refractivity contribution is 0.137. The van der Waals surface area contributed by atoms with E-state index in [0.717, 1.165) is 5.92 Å². The third-order valence-corrected chi connectivity index (χ3v) is 4.35. The van der Waals surface area contributed by atoms with Gasteiger partial charge in [0.25, 0.3) is 0 Å². The Kier molecular flexibility index (Phi) is 2.29. The summed E-state index contributed by atoms with van der Waals surface area (Å²) in [7, 11) is 0. The van der Waals surface area contributed by atoms with Crippen LogP contribution in [0.5, 0.6) is 0 Å². The van der Waals surface area contributed by atoms with Gasteiger partial charge in [0.2, 0.25) is 0 Å². The first kappa shape index (κ1) is 9.17. The van der Waals surface area contributed by atoms with Crippen LogP contribution < -0.4 is 5.32 Å². The average Bonchev–Trinajstić information content (AvgIpc) is 2.58. The molecule has 0 amide bonds. The van der Waals surface area contributed by atoms with E-state index in [1.807, 2.05) is 0 Å².